The van der Waals surface area contributed by atoms with Gasteiger partial charge >= 0.3 is 0 Å². The van der Waals surface area contributed by atoms with Gasteiger partial charge in [-0.1, -0.05) is 6.07 Å². The van der Waals surface area contributed by atoms with Crippen LogP contribution in [0.3, 0.4) is 0 Å². The molecule has 0 atom stereocenters. The molecular formula is C28H30FN7O3S. The third-order valence-corrected chi connectivity index (χ3v) is 7.87. The van der Waals surface area contributed by atoms with Crippen LogP contribution in [0.5, 0.6) is 0 Å². The van der Waals surface area contributed by atoms with Gasteiger partial charge in [0.05, 0.1) is 23.4 Å². The molecule has 3 heterocycles. The zero-order valence-electron chi connectivity index (χ0n) is 22.2. The Labute approximate surface area is 232 Å². The summed E-state index contributed by atoms with van der Waals surface area (Å²) in [5.74, 6) is -0.696. The highest BCUT2D eigenvalue weighted by molar-refractivity contribution is 7.86. The van der Waals surface area contributed by atoms with Crippen LogP contribution in [-0.2, 0) is 10.2 Å². The number of hydrogen-bond donors (Lipinski definition) is 2. The molecule has 208 valence electrons. The highest BCUT2D eigenvalue weighted by Gasteiger charge is 2.24. The number of nitrogens with one attached hydrogen (secondary N) is 1. The van der Waals surface area contributed by atoms with Gasteiger partial charge in [0.15, 0.2) is 0 Å². The number of carbonyl (C=O) groups is 1. The molecule has 1 saturated heterocycles. The number of anilines is 2. The topological polar surface area (TPSA) is 126 Å². The Bertz CT molecular complexity index is 1610. The summed E-state index contributed by atoms with van der Waals surface area (Å²) in [5.41, 5.74) is 4.47. The second-order valence-corrected chi connectivity index (χ2v) is 11.3. The Morgan fingerprint density at radius 1 is 0.975 bits per heavy atom. The molecular weight excluding hydrogens is 533 g/mol. The summed E-state index contributed by atoms with van der Waals surface area (Å²) in [4.78, 5) is 24.4. The van der Waals surface area contributed by atoms with Crippen molar-refractivity contribution in [3.8, 4) is 22.6 Å². The standard InChI is InChI=1S/C28H30FN7O3S/c1-19(2)36-18-31-26(20-6-8-21(29)9-7-20)27(36)24-4-3-5-25(33-24)28(37)32-22-10-12-23(13-11-22)34-14-16-35(17-15-34)40(30,38)39/h3-13,18-19H,14-17H2,1-2H3,(H,32,37)(H2,30,38,39). The molecule has 0 saturated carbocycles. The van der Waals surface area contributed by atoms with Gasteiger partial charge in [0.25, 0.3) is 16.1 Å². The number of benzene rings is 2. The van der Waals surface area contributed by atoms with Crippen molar-refractivity contribution >= 4 is 27.5 Å². The van der Waals surface area contributed by atoms with E-state index in [1.54, 1.807) is 42.7 Å². The highest BCUT2D eigenvalue weighted by atomic mass is 32.2. The van der Waals surface area contributed by atoms with Gasteiger partial charge in [-0.2, -0.15) is 12.7 Å². The molecule has 0 spiro atoms. The first-order chi connectivity index (χ1) is 19.1. The van der Waals surface area contributed by atoms with Crippen molar-refractivity contribution in [3.05, 3.63) is 84.6 Å². The first kappa shape index (κ1) is 27.4. The van der Waals surface area contributed by atoms with Crippen LogP contribution in [0.2, 0.25) is 0 Å². The Hall–Kier alpha value is -4.13. The van der Waals surface area contributed by atoms with Gasteiger partial charge in [0, 0.05) is 49.2 Å². The van der Waals surface area contributed by atoms with Crippen LogP contribution >= 0.6 is 0 Å². The number of imidazole rings is 1. The van der Waals surface area contributed by atoms with Gasteiger partial charge in [0.2, 0.25) is 0 Å². The lowest BCUT2D eigenvalue weighted by Gasteiger charge is -2.34. The average Bonchev–Trinajstić information content (AvgIpc) is 3.39. The zero-order chi connectivity index (χ0) is 28.4. The average molecular weight is 564 g/mol. The van der Waals surface area contributed by atoms with Gasteiger partial charge in [-0.05, 0) is 74.5 Å². The smallest absolute Gasteiger partial charge is 0.277 e. The lowest BCUT2D eigenvalue weighted by atomic mass is 10.1. The molecule has 2 aromatic carbocycles. The van der Waals surface area contributed by atoms with E-state index in [4.69, 9.17) is 5.14 Å². The van der Waals surface area contributed by atoms with Crippen molar-refractivity contribution in [3.63, 3.8) is 0 Å². The second-order valence-electron chi connectivity index (χ2n) is 9.79. The molecule has 4 aromatic rings. The van der Waals surface area contributed by atoms with E-state index in [9.17, 15) is 17.6 Å². The second kappa shape index (κ2) is 11.2. The van der Waals surface area contributed by atoms with Gasteiger partial charge in [-0.25, -0.2) is 19.5 Å². The van der Waals surface area contributed by atoms with E-state index < -0.39 is 10.2 Å². The normalized spacial score (nSPS) is 14.5. The number of pyridine rings is 1. The van der Waals surface area contributed by atoms with Crippen molar-refractivity contribution in [2.45, 2.75) is 19.9 Å². The SMILES string of the molecule is CC(C)n1cnc(-c2ccc(F)cc2)c1-c1cccc(C(=O)Nc2ccc(N3CCN(S(N)(=O)=O)CC3)cc2)n1. The van der Waals surface area contributed by atoms with Crippen LogP contribution in [-0.4, -0.2) is 59.3 Å². The maximum atomic E-state index is 13.5. The molecule has 1 aliphatic rings. The van der Waals surface area contributed by atoms with Crippen LogP contribution in [0.25, 0.3) is 22.6 Å². The summed E-state index contributed by atoms with van der Waals surface area (Å²) in [7, 11) is -3.69. The van der Waals surface area contributed by atoms with Crippen LogP contribution < -0.4 is 15.4 Å². The maximum absolute atomic E-state index is 13.5. The summed E-state index contributed by atoms with van der Waals surface area (Å²) >= 11 is 0. The van der Waals surface area contributed by atoms with E-state index in [-0.39, 0.29) is 23.5 Å². The fraction of sp³-hybridized carbons (Fsp3) is 0.250. The number of halogens is 1. The molecule has 3 N–H and O–H groups in total. The Morgan fingerprint density at radius 2 is 1.65 bits per heavy atom. The van der Waals surface area contributed by atoms with E-state index in [0.717, 1.165) is 16.9 Å². The number of nitrogens with zero attached hydrogens (tertiary/aromatic N) is 5. The largest absolute Gasteiger partial charge is 0.369 e. The third-order valence-electron chi connectivity index (χ3n) is 6.78. The monoisotopic (exact) mass is 563 g/mol. The first-order valence-electron chi connectivity index (χ1n) is 12.8. The number of aromatic nitrogens is 3. The minimum Gasteiger partial charge on any atom is -0.369 e. The number of nitrogens with two attached hydrogens (primary N) is 1. The van der Waals surface area contributed by atoms with Crippen LogP contribution in [0.4, 0.5) is 15.8 Å². The van der Waals surface area contributed by atoms with E-state index in [0.29, 0.717) is 43.3 Å². The molecule has 10 nitrogen and oxygen atoms in total. The fourth-order valence-electron chi connectivity index (χ4n) is 4.67. The molecule has 5 rings (SSSR count). The van der Waals surface area contributed by atoms with Crippen molar-refractivity contribution in [2.24, 2.45) is 5.14 Å². The summed E-state index contributed by atoms with van der Waals surface area (Å²) in [5, 5.41) is 8.11. The van der Waals surface area contributed by atoms with Gasteiger partial charge in [0.1, 0.15) is 11.5 Å². The Morgan fingerprint density at radius 3 is 2.27 bits per heavy atom. The lowest BCUT2D eigenvalue weighted by Crippen LogP contribution is -2.50. The first-order valence-corrected chi connectivity index (χ1v) is 14.3. The number of hydrogen-bond acceptors (Lipinski definition) is 6. The van der Waals surface area contributed by atoms with Gasteiger partial charge in [-0.15, -0.1) is 0 Å². The molecule has 2 aromatic heterocycles. The predicted molar refractivity (Wildman–Crippen MR) is 153 cm³/mol. The minimum absolute atomic E-state index is 0.0807. The molecule has 40 heavy (non-hydrogen) atoms. The molecule has 1 aliphatic heterocycles. The zero-order valence-corrected chi connectivity index (χ0v) is 23.0. The summed E-state index contributed by atoms with van der Waals surface area (Å²) < 4.78 is 39.9. The molecule has 0 unspecified atom stereocenters. The van der Waals surface area contributed by atoms with Gasteiger partial charge in [-0.3, -0.25) is 4.79 Å². The van der Waals surface area contributed by atoms with Crippen molar-refractivity contribution in [2.75, 3.05) is 36.4 Å². The molecule has 12 heteroatoms. The van der Waals surface area contributed by atoms with Crippen LogP contribution in [0.1, 0.15) is 30.4 Å². The molecule has 1 amide bonds. The van der Waals surface area contributed by atoms with Crippen molar-refractivity contribution in [1.82, 2.24) is 18.8 Å². The number of carbonyl (C=O) groups excluding carboxylic acids is 1. The third kappa shape index (κ3) is 5.88. The number of piperazine rings is 1. The van der Waals surface area contributed by atoms with E-state index in [1.165, 1.54) is 16.4 Å². The molecule has 1 fully saturated rings. The van der Waals surface area contributed by atoms with Gasteiger partial charge < -0.3 is 14.8 Å². The summed E-state index contributed by atoms with van der Waals surface area (Å²) in [6.45, 7) is 5.73. The van der Waals surface area contributed by atoms with Crippen LogP contribution in [0.15, 0.2) is 73.1 Å². The van der Waals surface area contributed by atoms with Crippen molar-refractivity contribution in [1.29, 1.82) is 0 Å². The fourth-order valence-corrected chi connectivity index (χ4v) is 5.34. The molecule has 0 radical (unpaired) electrons. The van der Waals surface area contributed by atoms with E-state index in [1.807, 2.05) is 36.6 Å². The number of rotatable bonds is 7. The summed E-state index contributed by atoms with van der Waals surface area (Å²) in [6, 6.07) is 18.8. The summed E-state index contributed by atoms with van der Waals surface area (Å²) in [6.07, 6.45) is 1.73. The maximum Gasteiger partial charge on any atom is 0.277 e. The van der Waals surface area contributed by atoms with Crippen molar-refractivity contribution < 1.29 is 17.6 Å². The number of amides is 1. The Kier molecular flexibility index (Phi) is 7.66. The molecule has 0 aliphatic carbocycles. The Balaban J connectivity index is 1.33. The quantitative estimate of drug-likeness (QED) is 0.351. The van der Waals surface area contributed by atoms with E-state index >= 15 is 0 Å². The highest BCUT2D eigenvalue weighted by Crippen LogP contribution is 2.32. The lowest BCUT2D eigenvalue weighted by molar-refractivity contribution is 0.102. The predicted octanol–water partition coefficient (Wildman–Crippen LogP) is 3.91. The van der Waals surface area contributed by atoms with Crippen LogP contribution in [0, 0.1) is 5.82 Å². The minimum atomic E-state index is -3.69. The molecule has 0 bridgehead atoms. The van der Waals surface area contributed by atoms with E-state index in [2.05, 4.69) is 20.2 Å².